The van der Waals surface area contributed by atoms with E-state index in [-0.39, 0.29) is 11.7 Å². The highest BCUT2D eigenvalue weighted by Crippen LogP contribution is 2.42. The SMILES string of the molecule is CC1Cn2c(C(=O)c3cccs3)ccc2C1(C)C(=O)OC(=O)O. The molecule has 1 aliphatic rings. The van der Waals surface area contributed by atoms with Gasteiger partial charge in [-0.2, -0.15) is 0 Å². The summed E-state index contributed by atoms with van der Waals surface area (Å²) in [7, 11) is 0. The van der Waals surface area contributed by atoms with E-state index < -0.39 is 17.5 Å². The van der Waals surface area contributed by atoms with Gasteiger partial charge in [-0.05, 0) is 36.4 Å². The Morgan fingerprint density at radius 2 is 2.09 bits per heavy atom. The summed E-state index contributed by atoms with van der Waals surface area (Å²) < 4.78 is 6.18. The van der Waals surface area contributed by atoms with Crippen LogP contribution in [0.5, 0.6) is 0 Å². The predicted octanol–water partition coefficient (Wildman–Crippen LogP) is 2.91. The van der Waals surface area contributed by atoms with Crippen molar-refractivity contribution in [3.63, 3.8) is 0 Å². The van der Waals surface area contributed by atoms with Gasteiger partial charge >= 0.3 is 12.1 Å². The number of fused-ring (bicyclic) bond motifs is 1. The Bertz CT molecular complexity index is 792. The summed E-state index contributed by atoms with van der Waals surface area (Å²) in [6, 6.07) is 6.94. The largest absolute Gasteiger partial charge is 0.513 e. The van der Waals surface area contributed by atoms with Gasteiger partial charge in [0.2, 0.25) is 5.78 Å². The van der Waals surface area contributed by atoms with Crippen LogP contribution in [-0.4, -0.2) is 27.6 Å². The minimum absolute atomic E-state index is 0.102. The van der Waals surface area contributed by atoms with Crippen LogP contribution in [0.3, 0.4) is 0 Å². The molecule has 0 saturated carbocycles. The molecule has 2 atom stereocenters. The summed E-state index contributed by atoms with van der Waals surface area (Å²) in [5.41, 5.74) is 0.0177. The molecule has 2 unspecified atom stereocenters. The van der Waals surface area contributed by atoms with Gasteiger partial charge in [-0.3, -0.25) is 9.59 Å². The Morgan fingerprint density at radius 1 is 1.35 bits per heavy atom. The zero-order valence-electron chi connectivity index (χ0n) is 12.6. The average molecular weight is 333 g/mol. The summed E-state index contributed by atoms with van der Waals surface area (Å²) in [6.45, 7) is 3.96. The normalized spacial score (nSPS) is 22.6. The zero-order chi connectivity index (χ0) is 16.8. The lowest BCUT2D eigenvalue weighted by Gasteiger charge is -2.24. The van der Waals surface area contributed by atoms with Crippen LogP contribution in [0.15, 0.2) is 29.6 Å². The number of ether oxygens (including phenoxy) is 1. The molecule has 0 bridgehead atoms. The molecule has 120 valence electrons. The standard InChI is InChI=1S/C16H15NO5S/c1-9-8-17-10(13(18)11-4-3-7-23-11)5-6-12(17)16(9,2)14(19)22-15(20)21/h3-7,9H,8H2,1-2H3,(H,20,21). The van der Waals surface area contributed by atoms with Crippen LogP contribution in [-0.2, 0) is 21.5 Å². The van der Waals surface area contributed by atoms with Crippen LogP contribution in [0.4, 0.5) is 4.79 Å². The van der Waals surface area contributed by atoms with E-state index in [4.69, 9.17) is 5.11 Å². The van der Waals surface area contributed by atoms with E-state index in [1.165, 1.54) is 11.3 Å². The molecular weight excluding hydrogens is 318 g/mol. The van der Waals surface area contributed by atoms with Gasteiger partial charge in [-0.25, -0.2) is 4.79 Å². The van der Waals surface area contributed by atoms with Crippen molar-refractivity contribution in [1.29, 1.82) is 0 Å². The maximum atomic E-state index is 12.6. The van der Waals surface area contributed by atoms with Crippen LogP contribution < -0.4 is 0 Å². The first-order chi connectivity index (χ1) is 10.9. The average Bonchev–Trinajstić information content (AvgIpc) is 3.18. The third kappa shape index (κ3) is 2.28. The first-order valence-corrected chi connectivity index (χ1v) is 7.97. The molecule has 0 radical (unpaired) electrons. The summed E-state index contributed by atoms with van der Waals surface area (Å²) >= 11 is 1.36. The Morgan fingerprint density at radius 3 is 2.70 bits per heavy atom. The van der Waals surface area contributed by atoms with E-state index in [1.807, 2.05) is 18.4 Å². The van der Waals surface area contributed by atoms with Crippen molar-refractivity contribution in [3.05, 3.63) is 45.9 Å². The number of hydrogen-bond acceptors (Lipinski definition) is 5. The fourth-order valence-electron chi connectivity index (χ4n) is 3.05. The highest BCUT2D eigenvalue weighted by molar-refractivity contribution is 7.12. The summed E-state index contributed by atoms with van der Waals surface area (Å²) in [6.07, 6.45) is -1.62. The molecule has 7 heteroatoms. The van der Waals surface area contributed by atoms with Crippen molar-refractivity contribution in [1.82, 2.24) is 4.57 Å². The Labute approximate surface area is 136 Å². The monoisotopic (exact) mass is 333 g/mol. The smallest absolute Gasteiger partial charge is 0.449 e. The van der Waals surface area contributed by atoms with Gasteiger partial charge in [0.25, 0.3) is 0 Å². The number of thiophene rings is 1. The van der Waals surface area contributed by atoms with Crippen molar-refractivity contribution < 1.29 is 24.2 Å². The molecule has 0 aliphatic carbocycles. The van der Waals surface area contributed by atoms with Gasteiger partial charge in [0.15, 0.2) is 0 Å². The fraction of sp³-hybridized carbons (Fsp3) is 0.312. The van der Waals surface area contributed by atoms with Crippen LogP contribution in [0, 0.1) is 5.92 Å². The lowest BCUT2D eigenvalue weighted by Crippen LogP contribution is -2.38. The molecule has 2 aromatic heterocycles. The van der Waals surface area contributed by atoms with E-state index in [1.54, 1.807) is 29.7 Å². The molecule has 0 spiro atoms. The van der Waals surface area contributed by atoms with Gasteiger partial charge in [0, 0.05) is 12.2 Å². The first-order valence-electron chi connectivity index (χ1n) is 7.09. The molecule has 23 heavy (non-hydrogen) atoms. The number of nitrogens with zero attached hydrogens (tertiary/aromatic N) is 1. The number of carbonyl (C=O) groups excluding carboxylic acids is 2. The first kappa shape index (κ1) is 15.5. The third-order valence-corrected chi connectivity index (χ3v) is 5.41. The molecule has 6 nitrogen and oxygen atoms in total. The molecule has 0 amide bonds. The highest BCUT2D eigenvalue weighted by Gasteiger charge is 2.50. The number of hydrogen-bond donors (Lipinski definition) is 1. The molecule has 0 fully saturated rings. The van der Waals surface area contributed by atoms with E-state index >= 15 is 0 Å². The van der Waals surface area contributed by atoms with Gasteiger partial charge in [-0.15, -0.1) is 11.3 Å². The number of carbonyl (C=O) groups is 3. The van der Waals surface area contributed by atoms with Crippen LogP contribution in [0.2, 0.25) is 0 Å². The maximum Gasteiger partial charge on any atom is 0.513 e. The Balaban J connectivity index is 2.01. The fourth-order valence-corrected chi connectivity index (χ4v) is 3.72. The Kier molecular flexibility index (Phi) is 3.60. The molecule has 0 aromatic carbocycles. The van der Waals surface area contributed by atoms with Gasteiger partial charge < -0.3 is 14.4 Å². The van der Waals surface area contributed by atoms with Crippen molar-refractivity contribution in [3.8, 4) is 0 Å². The second kappa shape index (κ2) is 5.34. The summed E-state index contributed by atoms with van der Waals surface area (Å²) in [5, 5.41) is 10.5. The number of ketones is 1. The lowest BCUT2D eigenvalue weighted by molar-refractivity contribution is -0.146. The molecule has 1 N–H and O–H groups in total. The van der Waals surface area contributed by atoms with Gasteiger partial charge in [0.05, 0.1) is 10.6 Å². The third-order valence-electron chi connectivity index (χ3n) is 4.54. The molecule has 2 aromatic rings. The van der Waals surface area contributed by atoms with Crippen molar-refractivity contribution in [2.24, 2.45) is 5.92 Å². The molecule has 0 saturated heterocycles. The second-order valence-corrected chi connectivity index (χ2v) is 6.73. The number of carboxylic acid groups (broad SMARTS) is 1. The minimum atomic E-state index is -1.62. The van der Waals surface area contributed by atoms with E-state index in [0.29, 0.717) is 22.8 Å². The van der Waals surface area contributed by atoms with E-state index in [9.17, 15) is 14.4 Å². The highest BCUT2D eigenvalue weighted by atomic mass is 32.1. The number of aromatic nitrogens is 1. The Hall–Kier alpha value is -2.41. The topological polar surface area (TPSA) is 85.6 Å². The van der Waals surface area contributed by atoms with Crippen LogP contribution in [0.25, 0.3) is 0 Å². The van der Waals surface area contributed by atoms with Gasteiger partial charge in [0.1, 0.15) is 5.41 Å². The van der Waals surface area contributed by atoms with Crippen molar-refractivity contribution in [2.75, 3.05) is 0 Å². The van der Waals surface area contributed by atoms with E-state index in [2.05, 4.69) is 4.74 Å². The lowest BCUT2D eigenvalue weighted by atomic mass is 9.78. The molecular formula is C16H15NO5S. The zero-order valence-corrected chi connectivity index (χ0v) is 13.4. The number of esters is 1. The van der Waals surface area contributed by atoms with Gasteiger partial charge in [-0.1, -0.05) is 13.0 Å². The maximum absolute atomic E-state index is 12.6. The molecule has 3 rings (SSSR count). The van der Waals surface area contributed by atoms with Crippen molar-refractivity contribution in [2.45, 2.75) is 25.8 Å². The van der Waals surface area contributed by atoms with Crippen LogP contribution >= 0.6 is 11.3 Å². The molecule has 3 heterocycles. The minimum Gasteiger partial charge on any atom is -0.449 e. The van der Waals surface area contributed by atoms with Crippen molar-refractivity contribution >= 4 is 29.2 Å². The molecule has 1 aliphatic heterocycles. The quantitative estimate of drug-likeness (QED) is 0.530. The predicted molar refractivity (Wildman–Crippen MR) is 82.8 cm³/mol. The van der Waals surface area contributed by atoms with E-state index in [0.717, 1.165) is 0 Å². The van der Waals surface area contributed by atoms with Crippen LogP contribution in [0.1, 0.15) is 34.9 Å². The summed E-state index contributed by atoms with van der Waals surface area (Å²) in [5.74, 6) is -1.10. The summed E-state index contributed by atoms with van der Waals surface area (Å²) in [4.78, 5) is 36.2. The second-order valence-electron chi connectivity index (χ2n) is 5.78. The number of rotatable bonds is 3.